The van der Waals surface area contributed by atoms with E-state index in [2.05, 4.69) is 10.6 Å². The molecule has 2 aliphatic rings. The van der Waals surface area contributed by atoms with Crippen LogP contribution < -0.4 is 10.6 Å². The van der Waals surface area contributed by atoms with Crippen LogP contribution in [0.4, 0.5) is 4.79 Å². The zero-order valence-electron chi connectivity index (χ0n) is 15.7. The fraction of sp³-hybridized carbons (Fsp3) is 0.474. The van der Waals surface area contributed by atoms with Gasteiger partial charge in [-0.25, -0.2) is 9.59 Å². The Balaban J connectivity index is 2.11. The van der Waals surface area contributed by atoms with Crippen LogP contribution in [-0.2, 0) is 14.3 Å². The highest BCUT2D eigenvalue weighted by Crippen LogP contribution is 2.33. The average Bonchev–Trinajstić information content (AvgIpc) is 2.72. The predicted molar refractivity (Wildman–Crippen MR) is 98.3 cm³/mol. The number of nitrogens with one attached hydrogen (secondary N) is 2. The molecule has 6 N–H and O–H groups in total. The highest BCUT2D eigenvalue weighted by molar-refractivity contribution is 5.95. The molecule has 1 saturated heterocycles. The number of carbonyl (C=O) groups excluding carboxylic acids is 2. The van der Waals surface area contributed by atoms with Gasteiger partial charge >= 0.3 is 12.0 Å². The monoisotopic (exact) mass is 408 g/mol. The Morgan fingerprint density at radius 1 is 1.14 bits per heavy atom. The fourth-order valence-corrected chi connectivity index (χ4v) is 3.48. The van der Waals surface area contributed by atoms with Gasteiger partial charge in [-0.1, -0.05) is 30.3 Å². The average molecular weight is 408 g/mol. The Kier molecular flexibility index (Phi) is 6.50. The van der Waals surface area contributed by atoms with Crippen LogP contribution in [0.25, 0.3) is 0 Å². The molecule has 158 valence electrons. The standard InChI is InChI=1S/C19H24N2O8/c1-2-28-18(26)11-12(9-6-4-3-5-7-9)20-19(27)21-13(11)17-16(25)15(24)14(23)10(8-22)29-17/h3-7,10,12,14-17,22-25H,2,8H2,1H3,(H2,20,21,27)/t10-,12?,14+,15+,16-,17+/m1/s1. The third-order valence-corrected chi connectivity index (χ3v) is 4.91. The van der Waals surface area contributed by atoms with Gasteiger partial charge in [-0.15, -0.1) is 0 Å². The highest BCUT2D eigenvalue weighted by atomic mass is 16.5. The fourth-order valence-electron chi connectivity index (χ4n) is 3.48. The van der Waals surface area contributed by atoms with Crippen LogP contribution in [0.1, 0.15) is 18.5 Å². The van der Waals surface area contributed by atoms with Crippen molar-refractivity contribution in [2.75, 3.05) is 13.2 Å². The lowest BCUT2D eigenvalue weighted by Gasteiger charge is -2.42. The molecule has 6 atom stereocenters. The predicted octanol–water partition coefficient (Wildman–Crippen LogP) is -1.30. The summed E-state index contributed by atoms with van der Waals surface area (Å²) in [6.07, 6.45) is -7.48. The molecule has 2 aliphatic heterocycles. The van der Waals surface area contributed by atoms with Gasteiger partial charge in [-0.2, -0.15) is 0 Å². The van der Waals surface area contributed by atoms with Crippen molar-refractivity contribution in [3.63, 3.8) is 0 Å². The number of benzene rings is 1. The molecule has 0 bridgehead atoms. The van der Waals surface area contributed by atoms with Crippen LogP contribution in [0.5, 0.6) is 0 Å². The first-order chi connectivity index (χ1) is 13.9. The molecule has 0 aliphatic carbocycles. The first-order valence-corrected chi connectivity index (χ1v) is 9.23. The molecule has 3 rings (SSSR count). The van der Waals surface area contributed by atoms with Crippen LogP contribution in [0.3, 0.4) is 0 Å². The number of hydrogen-bond donors (Lipinski definition) is 6. The third-order valence-electron chi connectivity index (χ3n) is 4.91. The summed E-state index contributed by atoms with van der Waals surface area (Å²) in [7, 11) is 0. The maximum Gasteiger partial charge on any atom is 0.338 e. The van der Waals surface area contributed by atoms with E-state index in [0.29, 0.717) is 5.56 Å². The van der Waals surface area contributed by atoms with E-state index in [0.717, 1.165) is 0 Å². The molecule has 1 aromatic carbocycles. The van der Waals surface area contributed by atoms with Crippen molar-refractivity contribution in [2.45, 2.75) is 43.5 Å². The van der Waals surface area contributed by atoms with Gasteiger partial charge in [0.2, 0.25) is 0 Å². The number of rotatable bonds is 5. The molecule has 0 radical (unpaired) electrons. The summed E-state index contributed by atoms with van der Waals surface area (Å²) in [6.45, 7) is 1.05. The Morgan fingerprint density at radius 3 is 2.45 bits per heavy atom. The number of hydrogen-bond acceptors (Lipinski definition) is 8. The van der Waals surface area contributed by atoms with E-state index in [4.69, 9.17) is 9.47 Å². The summed E-state index contributed by atoms with van der Waals surface area (Å²) in [6, 6.07) is 7.12. The number of aliphatic hydroxyl groups is 4. The summed E-state index contributed by atoms with van der Waals surface area (Å²) in [4.78, 5) is 25.1. The van der Waals surface area contributed by atoms with Crippen LogP contribution in [0, 0.1) is 0 Å². The molecule has 0 saturated carbocycles. The molecule has 0 spiro atoms. The van der Waals surface area contributed by atoms with E-state index >= 15 is 0 Å². The molecule has 0 aromatic heterocycles. The van der Waals surface area contributed by atoms with Crippen LogP contribution >= 0.6 is 0 Å². The van der Waals surface area contributed by atoms with Crippen molar-refractivity contribution in [3.8, 4) is 0 Å². The normalized spacial score (nSPS) is 32.4. The van der Waals surface area contributed by atoms with Crippen LogP contribution in [0.15, 0.2) is 41.6 Å². The van der Waals surface area contributed by atoms with Crippen LogP contribution in [-0.4, -0.2) is 76.2 Å². The number of esters is 1. The van der Waals surface area contributed by atoms with Gasteiger partial charge in [0.25, 0.3) is 0 Å². The Hall–Kier alpha value is -2.50. The second kappa shape index (κ2) is 8.89. The quantitative estimate of drug-likeness (QED) is 0.328. The number of ether oxygens (including phenoxy) is 2. The summed E-state index contributed by atoms with van der Waals surface area (Å²) >= 11 is 0. The van der Waals surface area contributed by atoms with Crippen molar-refractivity contribution < 1.29 is 39.5 Å². The van der Waals surface area contributed by atoms with Gasteiger partial charge < -0.3 is 40.5 Å². The molecule has 1 unspecified atom stereocenters. The topological polar surface area (TPSA) is 158 Å². The van der Waals surface area contributed by atoms with E-state index in [-0.39, 0.29) is 17.9 Å². The Morgan fingerprint density at radius 2 is 1.83 bits per heavy atom. The summed E-state index contributed by atoms with van der Waals surface area (Å²) in [5.41, 5.74) is 0.479. The molecule has 29 heavy (non-hydrogen) atoms. The van der Waals surface area contributed by atoms with Gasteiger partial charge in [0.15, 0.2) is 0 Å². The summed E-state index contributed by atoms with van der Waals surface area (Å²) in [5.74, 6) is -0.749. The SMILES string of the molecule is CCOC(=O)C1=C([C@@H]2O[C@H](CO)[C@H](O)[C@H](O)[C@H]2O)NC(=O)NC1c1ccccc1. The van der Waals surface area contributed by atoms with Gasteiger partial charge in [-0.3, -0.25) is 0 Å². The van der Waals surface area contributed by atoms with Gasteiger partial charge in [0.05, 0.1) is 30.5 Å². The maximum atomic E-state index is 12.8. The van der Waals surface area contributed by atoms with Gasteiger partial charge in [-0.05, 0) is 12.5 Å². The first kappa shape index (κ1) is 21.2. The first-order valence-electron chi connectivity index (χ1n) is 9.23. The molecule has 2 amide bonds. The molecule has 1 aromatic rings. The molecule has 2 heterocycles. The number of urea groups is 1. The smallest absolute Gasteiger partial charge is 0.338 e. The van der Waals surface area contributed by atoms with Crippen molar-refractivity contribution >= 4 is 12.0 Å². The lowest BCUT2D eigenvalue weighted by Crippen LogP contribution is -2.62. The lowest BCUT2D eigenvalue weighted by atomic mass is 9.88. The van der Waals surface area contributed by atoms with E-state index < -0.39 is 55.2 Å². The lowest BCUT2D eigenvalue weighted by molar-refractivity contribution is -0.220. The zero-order valence-corrected chi connectivity index (χ0v) is 15.7. The van der Waals surface area contributed by atoms with Gasteiger partial charge in [0, 0.05) is 0 Å². The molecular formula is C19H24N2O8. The van der Waals surface area contributed by atoms with E-state index in [1.54, 1.807) is 37.3 Å². The minimum absolute atomic E-state index is 0.0121. The van der Waals surface area contributed by atoms with E-state index in [1.807, 2.05) is 0 Å². The molecule has 1 fully saturated rings. The number of carbonyl (C=O) groups is 2. The second-order valence-electron chi connectivity index (χ2n) is 6.74. The van der Waals surface area contributed by atoms with Crippen LogP contribution in [0.2, 0.25) is 0 Å². The second-order valence-corrected chi connectivity index (χ2v) is 6.74. The van der Waals surface area contributed by atoms with E-state index in [1.165, 1.54) is 0 Å². The zero-order chi connectivity index (χ0) is 21.1. The van der Waals surface area contributed by atoms with Crippen molar-refractivity contribution in [2.24, 2.45) is 0 Å². The number of amides is 2. The van der Waals surface area contributed by atoms with Gasteiger partial charge in [0.1, 0.15) is 30.5 Å². The Bertz CT molecular complexity index is 782. The summed E-state index contributed by atoms with van der Waals surface area (Å²) in [5, 5.41) is 45.1. The minimum atomic E-state index is -1.66. The van der Waals surface area contributed by atoms with Crippen molar-refractivity contribution in [3.05, 3.63) is 47.2 Å². The maximum absolute atomic E-state index is 12.8. The molecule has 10 nitrogen and oxygen atoms in total. The third kappa shape index (κ3) is 4.11. The Labute approximate surface area is 166 Å². The molecule has 10 heteroatoms. The number of aliphatic hydroxyl groups excluding tert-OH is 4. The minimum Gasteiger partial charge on any atom is -0.463 e. The van der Waals surface area contributed by atoms with Crippen molar-refractivity contribution in [1.82, 2.24) is 10.6 Å². The molecular weight excluding hydrogens is 384 g/mol. The van der Waals surface area contributed by atoms with E-state index in [9.17, 15) is 30.0 Å². The largest absolute Gasteiger partial charge is 0.463 e. The highest BCUT2D eigenvalue weighted by Gasteiger charge is 2.48. The van der Waals surface area contributed by atoms with Crippen molar-refractivity contribution in [1.29, 1.82) is 0 Å². The summed E-state index contributed by atoms with van der Waals surface area (Å²) < 4.78 is 10.7.